The Bertz CT molecular complexity index is 1190. The molecule has 0 saturated carbocycles. The highest BCUT2D eigenvalue weighted by Crippen LogP contribution is 2.23. The number of amides is 2. The van der Waals surface area contributed by atoms with Crippen molar-refractivity contribution in [3.63, 3.8) is 0 Å². The van der Waals surface area contributed by atoms with Crippen LogP contribution in [0.2, 0.25) is 0 Å². The topological polar surface area (TPSA) is 154 Å². The number of non-ortho nitro benzene ring substituents is 2. The molecule has 0 aromatic heterocycles. The van der Waals surface area contributed by atoms with Crippen LogP contribution in [0, 0.1) is 20.2 Å². The van der Waals surface area contributed by atoms with E-state index >= 15 is 0 Å². The molecule has 0 saturated heterocycles. The molecule has 162 valence electrons. The molecule has 0 atom stereocenters. The molecule has 3 aromatic rings. The van der Waals surface area contributed by atoms with Gasteiger partial charge in [-0.15, -0.1) is 0 Å². The van der Waals surface area contributed by atoms with E-state index in [0.717, 1.165) is 0 Å². The standard InChI is InChI=1S/C21H16N4O7/c1-32-19-11-2-13(20(26)22-14-3-7-16(8-4-14)24(28)29)12-18(19)21(27)23-15-5-9-17(10-6-15)25(30)31/h2-12H,1H3,(H,22,26)(H,23,27). The van der Waals surface area contributed by atoms with Crippen LogP contribution >= 0.6 is 0 Å². The Hall–Kier alpha value is -4.80. The van der Waals surface area contributed by atoms with Crippen molar-refractivity contribution in [3.05, 3.63) is 98.1 Å². The molecule has 0 spiro atoms. The first-order chi connectivity index (χ1) is 15.3. The second kappa shape index (κ2) is 9.34. The average Bonchev–Trinajstić information content (AvgIpc) is 2.79. The lowest BCUT2D eigenvalue weighted by Crippen LogP contribution is -2.16. The van der Waals surface area contributed by atoms with E-state index in [1.54, 1.807) is 0 Å². The summed E-state index contributed by atoms with van der Waals surface area (Å²) in [4.78, 5) is 45.7. The van der Waals surface area contributed by atoms with E-state index in [4.69, 9.17) is 4.74 Å². The van der Waals surface area contributed by atoms with E-state index in [1.807, 2.05) is 0 Å². The predicted octanol–water partition coefficient (Wildman–Crippen LogP) is 4.02. The third-order valence-corrected chi connectivity index (χ3v) is 4.38. The molecule has 3 rings (SSSR count). The summed E-state index contributed by atoms with van der Waals surface area (Å²) in [5, 5.41) is 26.7. The van der Waals surface area contributed by atoms with E-state index < -0.39 is 21.7 Å². The highest BCUT2D eigenvalue weighted by atomic mass is 16.6. The Morgan fingerprint density at radius 1 is 0.750 bits per heavy atom. The number of carbonyl (C=O) groups excluding carboxylic acids is 2. The van der Waals surface area contributed by atoms with E-state index in [1.165, 1.54) is 73.8 Å². The van der Waals surface area contributed by atoms with Crippen LogP contribution in [0.3, 0.4) is 0 Å². The summed E-state index contributed by atoms with van der Waals surface area (Å²) in [6.07, 6.45) is 0. The minimum absolute atomic E-state index is 0.0715. The van der Waals surface area contributed by atoms with Crippen LogP contribution in [-0.2, 0) is 0 Å². The van der Waals surface area contributed by atoms with Gasteiger partial charge in [0.25, 0.3) is 23.2 Å². The Morgan fingerprint density at radius 2 is 1.22 bits per heavy atom. The number of carbonyl (C=O) groups is 2. The predicted molar refractivity (Wildman–Crippen MR) is 115 cm³/mol. The zero-order chi connectivity index (χ0) is 23.3. The van der Waals surface area contributed by atoms with Gasteiger partial charge in [-0.25, -0.2) is 0 Å². The lowest BCUT2D eigenvalue weighted by Gasteiger charge is -2.12. The first-order valence-corrected chi connectivity index (χ1v) is 9.08. The van der Waals surface area contributed by atoms with Crippen LogP contribution in [-0.4, -0.2) is 28.8 Å². The second-order valence-corrected chi connectivity index (χ2v) is 6.43. The maximum Gasteiger partial charge on any atom is 0.269 e. The fourth-order valence-electron chi connectivity index (χ4n) is 2.76. The number of anilines is 2. The quantitative estimate of drug-likeness (QED) is 0.419. The highest BCUT2D eigenvalue weighted by molar-refractivity contribution is 6.10. The molecular formula is C21H16N4O7. The van der Waals surface area contributed by atoms with E-state index in [-0.39, 0.29) is 28.3 Å². The summed E-state index contributed by atoms with van der Waals surface area (Å²) in [6, 6.07) is 14.8. The fraction of sp³-hybridized carbons (Fsp3) is 0.0476. The summed E-state index contributed by atoms with van der Waals surface area (Å²) in [6.45, 7) is 0. The molecule has 2 amide bonds. The minimum atomic E-state index is -0.583. The average molecular weight is 436 g/mol. The van der Waals surface area contributed by atoms with Crippen molar-refractivity contribution < 1.29 is 24.2 Å². The molecule has 0 fully saturated rings. The number of benzene rings is 3. The van der Waals surface area contributed by atoms with Crippen molar-refractivity contribution in [1.82, 2.24) is 0 Å². The van der Waals surface area contributed by atoms with Crippen LogP contribution in [0.25, 0.3) is 0 Å². The normalized spacial score (nSPS) is 10.2. The minimum Gasteiger partial charge on any atom is -0.496 e. The van der Waals surface area contributed by atoms with Crippen LogP contribution in [0.4, 0.5) is 22.7 Å². The van der Waals surface area contributed by atoms with Crippen LogP contribution in [0.15, 0.2) is 66.7 Å². The molecule has 11 nitrogen and oxygen atoms in total. The van der Waals surface area contributed by atoms with E-state index in [0.29, 0.717) is 11.4 Å². The van der Waals surface area contributed by atoms with Crippen LogP contribution in [0.5, 0.6) is 5.75 Å². The summed E-state index contributed by atoms with van der Waals surface area (Å²) in [5.74, 6) is -0.900. The molecule has 0 unspecified atom stereocenters. The number of ether oxygens (including phenoxy) is 1. The number of nitrogens with one attached hydrogen (secondary N) is 2. The van der Waals surface area contributed by atoms with Gasteiger partial charge in [0.2, 0.25) is 0 Å². The second-order valence-electron chi connectivity index (χ2n) is 6.43. The number of nitro benzene ring substituents is 2. The fourth-order valence-corrected chi connectivity index (χ4v) is 2.76. The Kier molecular flexibility index (Phi) is 6.39. The number of rotatable bonds is 7. The van der Waals surface area contributed by atoms with Gasteiger partial charge in [-0.2, -0.15) is 0 Å². The maximum atomic E-state index is 12.7. The van der Waals surface area contributed by atoms with Crippen molar-refractivity contribution in [2.75, 3.05) is 17.7 Å². The number of nitro groups is 2. The van der Waals surface area contributed by atoms with Gasteiger partial charge in [-0.1, -0.05) is 0 Å². The molecule has 32 heavy (non-hydrogen) atoms. The van der Waals surface area contributed by atoms with Gasteiger partial charge in [-0.05, 0) is 42.5 Å². The molecule has 0 radical (unpaired) electrons. The molecule has 11 heteroatoms. The summed E-state index contributed by atoms with van der Waals surface area (Å²) >= 11 is 0. The molecule has 2 N–H and O–H groups in total. The smallest absolute Gasteiger partial charge is 0.269 e. The van der Waals surface area contributed by atoms with Gasteiger partial charge in [-0.3, -0.25) is 29.8 Å². The summed E-state index contributed by atoms with van der Waals surface area (Å²) in [5.41, 5.74) is 0.653. The van der Waals surface area contributed by atoms with Gasteiger partial charge in [0.1, 0.15) is 5.75 Å². The first-order valence-electron chi connectivity index (χ1n) is 9.08. The zero-order valence-electron chi connectivity index (χ0n) is 16.6. The van der Waals surface area contributed by atoms with Gasteiger partial charge in [0.15, 0.2) is 0 Å². The molecule has 0 heterocycles. The Labute approximate surface area is 180 Å². The number of nitrogens with zero attached hydrogens (tertiary/aromatic N) is 2. The lowest BCUT2D eigenvalue weighted by molar-refractivity contribution is -0.385. The number of hydrogen-bond donors (Lipinski definition) is 2. The van der Waals surface area contributed by atoms with Crippen LogP contribution < -0.4 is 15.4 Å². The van der Waals surface area contributed by atoms with E-state index in [9.17, 15) is 29.8 Å². The van der Waals surface area contributed by atoms with Crippen molar-refractivity contribution in [2.45, 2.75) is 0 Å². The highest BCUT2D eigenvalue weighted by Gasteiger charge is 2.17. The third kappa shape index (κ3) is 5.02. The SMILES string of the molecule is COc1ccc(C(=O)Nc2ccc([N+](=O)[O-])cc2)cc1C(=O)Nc1ccc([N+](=O)[O-])cc1. The lowest BCUT2D eigenvalue weighted by atomic mass is 10.1. The third-order valence-electron chi connectivity index (χ3n) is 4.38. The van der Waals surface area contributed by atoms with Crippen molar-refractivity contribution in [3.8, 4) is 5.75 Å². The largest absolute Gasteiger partial charge is 0.496 e. The summed E-state index contributed by atoms with van der Waals surface area (Å²) < 4.78 is 5.20. The first kappa shape index (κ1) is 21.9. The Balaban J connectivity index is 1.79. The van der Waals surface area contributed by atoms with Gasteiger partial charge >= 0.3 is 0 Å². The molecule has 3 aromatic carbocycles. The molecule has 0 aliphatic rings. The monoisotopic (exact) mass is 436 g/mol. The van der Waals surface area contributed by atoms with Crippen molar-refractivity contribution >= 4 is 34.6 Å². The maximum absolute atomic E-state index is 12.7. The van der Waals surface area contributed by atoms with Gasteiger partial charge < -0.3 is 15.4 Å². The molecule has 0 aliphatic carbocycles. The summed E-state index contributed by atoms with van der Waals surface area (Å²) in [7, 11) is 1.37. The molecular weight excluding hydrogens is 420 g/mol. The van der Waals surface area contributed by atoms with Crippen LogP contribution in [0.1, 0.15) is 20.7 Å². The zero-order valence-corrected chi connectivity index (χ0v) is 16.6. The number of hydrogen-bond acceptors (Lipinski definition) is 7. The molecule has 0 aliphatic heterocycles. The molecule has 0 bridgehead atoms. The van der Waals surface area contributed by atoms with Crippen molar-refractivity contribution in [1.29, 1.82) is 0 Å². The Morgan fingerprint density at radius 3 is 1.66 bits per heavy atom. The number of methoxy groups -OCH3 is 1. The van der Waals surface area contributed by atoms with Gasteiger partial charge in [0, 0.05) is 41.2 Å². The van der Waals surface area contributed by atoms with Gasteiger partial charge in [0.05, 0.1) is 22.5 Å². The van der Waals surface area contributed by atoms with Crippen molar-refractivity contribution in [2.24, 2.45) is 0 Å². The van der Waals surface area contributed by atoms with E-state index in [2.05, 4.69) is 10.6 Å².